The molecule has 122 valence electrons. The first kappa shape index (κ1) is 16.0. The molecule has 0 atom stereocenters. The number of para-hydroxylation sites is 1. The highest BCUT2D eigenvalue weighted by Gasteiger charge is 2.04. The highest BCUT2D eigenvalue weighted by molar-refractivity contribution is 5.73. The quantitative estimate of drug-likeness (QED) is 0.596. The summed E-state index contributed by atoms with van der Waals surface area (Å²) in [5.41, 5.74) is 2.62. The average Bonchev–Trinajstić information content (AvgIpc) is 3.10. The van der Waals surface area contributed by atoms with Crippen molar-refractivity contribution in [3.05, 3.63) is 83.7 Å². The lowest BCUT2D eigenvalue weighted by Crippen LogP contribution is -2.04. The maximum Gasteiger partial charge on any atom is 0.153 e. The Kier molecular flexibility index (Phi) is 5.37. The molecular weight excluding hydrogens is 304 g/mol. The van der Waals surface area contributed by atoms with Gasteiger partial charge < -0.3 is 9.47 Å². The van der Waals surface area contributed by atoms with Crippen LogP contribution in [0.25, 0.3) is 0 Å². The number of carbonyl (C=O) groups is 1. The second-order valence-corrected chi connectivity index (χ2v) is 5.29. The normalized spacial score (nSPS) is 10.5. The first-order valence-corrected chi connectivity index (χ1v) is 7.65. The molecule has 5 nitrogen and oxygen atoms in total. The molecule has 0 fully saturated rings. The van der Waals surface area contributed by atoms with E-state index in [0.29, 0.717) is 18.8 Å². The van der Waals surface area contributed by atoms with Crippen LogP contribution in [0.1, 0.15) is 21.5 Å². The minimum atomic E-state index is 0.279. The van der Waals surface area contributed by atoms with Crippen LogP contribution in [0.15, 0.2) is 67.0 Å². The van der Waals surface area contributed by atoms with Crippen molar-refractivity contribution in [3.8, 4) is 5.75 Å². The van der Waals surface area contributed by atoms with Gasteiger partial charge in [0.2, 0.25) is 0 Å². The zero-order chi connectivity index (χ0) is 16.6. The molecule has 0 aliphatic carbocycles. The topological polar surface area (TPSA) is 53.4 Å². The number of hydrogen-bond acceptors (Lipinski definition) is 4. The number of aldehydes is 1. The fourth-order valence-corrected chi connectivity index (χ4v) is 2.26. The summed E-state index contributed by atoms with van der Waals surface area (Å²) in [6.45, 7) is 1.20. The summed E-state index contributed by atoms with van der Waals surface area (Å²) in [7, 11) is 0. The van der Waals surface area contributed by atoms with Crippen molar-refractivity contribution in [1.82, 2.24) is 9.78 Å². The number of carbonyl (C=O) groups excluding carboxylic acids is 1. The van der Waals surface area contributed by atoms with Crippen LogP contribution in [0.4, 0.5) is 0 Å². The summed E-state index contributed by atoms with van der Waals surface area (Å²) < 4.78 is 13.1. The number of benzene rings is 2. The summed E-state index contributed by atoms with van der Waals surface area (Å²) >= 11 is 0. The van der Waals surface area contributed by atoms with Gasteiger partial charge in [-0.2, -0.15) is 5.10 Å². The smallest absolute Gasteiger partial charge is 0.153 e. The van der Waals surface area contributed by atoms with Gasteiger partial charge in [-0.1, -0.05) is 48.5 Å². The van der Waals surface area contributed by atoms with E-state index in [9.17, 15) is 4.79 Å². The molecule has 0 saturated heterocycles. The molecule has 1 heterocycles. The zero-order valence-electron chi connectivity index (χ0n) is 13.2. The van der Waals surface area contributed by atoms with Crippen LogP contribution in [-0.2, 0) is 24.7 Å². The molecule has 0 spiro atoms. The monoisotopic (exact) mass is 322 g/mol. The van der Waals surface area contributed by atoms with E-state index < -0.39 is 0 Å². The number of hydrogen-bond donors (Lipinski definition) is 0. The van der Waals surface area contributed by atoms with Crippen molar-refractivity contribution in [2.24, 2.45) is 0 Å². The minimum absolute atomic E-state index is 0.279. The highest BCUT2D eigenvalue weighted by Crippen LogP contribution is 2.20. The summed E-state index contributed by atoms with van der Waals surface area (Å²) in [5, 5.41) is 4.05. The summed E-state index contributed by atoms with van der Waals surface area (Å²) in [6.07, 6.45) is 3.91. The van der Waals surface area contributed by atoms with Gasteiger partial charge in [-0.05, 0) is 11.6 Å². The van der Waals surface area contributed by atoms with E-state index in [2.05, 4.69) is 5.10 Å². The Labute approximate surface area is 140 Å². The Bertz CT molecular complexity index is 784. The summed E-state index contributed by atoms with van der Waals surface area (Å²) in [5.74, 6) is 0.801. The SMILES string of the molecule is O=Cc1cnn(COCc2ccccc2OCc2ccccc2)c1. The second-order valence-electron chi connectivity index (χ2n) is 5.29. The number of ether oxygens (including phenoxy) is 2. The molecule has 1 aromatic heterocycles. The van der Waals surface area contributed by atoms with Crippen molar-refractivity contribution < 1.29 is 14.3 Å². The zero-order valence-corrected chi connectivity index (χ0v) is 13.2. The fraction of sp³-hybridized carbons (Fsp3) is 0.158. The van der Waals surface area contributed by atoms with Gasteiger partial charge in [0.1, 0.15) is 19.1 Å². The van der Waals surface area contributed by atoms with Gasteiger partial charge in [0.25, 0.3) is 0 Å². The Morgan fingerprint density at radius 3 is 2.58 bits per heavy atom. The van der Waals surface area contributed by atoms with Crippen LogP contribution in [0.2, 0.25) is 0 Å². The van der Waals surface area contributed by atoms with E-state index in [4.69, 9.17) is 9.47 Å². The molecule has 0 saturated carbocycles. The van der Waals surface area contributed by atoms with Gasteiger partial charge >= 0.3 is 0 Å². The van der Waals surface area contributed by atoms with Gasteiger partial charge in [-0.25, -0.2) is 4.68 Å². The lowest BCUT2D eigenvalue weighted by molar-refractivity contribution is 0.0544. The molecule has 5 heteroatoms. The van der Waals surface area contributed by atoms with Crippen molar-refractivity contribution in [1.29, 1.82) is 0 Å². The van der Waals surface area contributed by atoms with Crippen LogP contribution in [-0.4, -0.2) is 16.1 Å². The molecule has 0 aliphatic rings. The lowest BCUT2D eigenvalue weighted by Gasteiger charge is -2.12. The highest BCUT2D eigenvalue weighted by atomic mass is 16.5. The third-order valence-electron chi connectivity index (χ3n) is 3.48. The third kappa shape index (κ3) is 4.30. The average molecular weight is 322 g/mol. The Hall–Kier alpha value is -2.92. The van der Waals surface area contributed by atoms with Crippen LogP contribution in [0.3, 0.4) is 0 Å². The first-order chi connectivity index (χ1) is 11.8. The predicted molar refractivity (Wildman–Crippen MR) is 89.6 cm³/mol. The standard InChI is InChI=1S/C19H18N2O3/c22-12-17-10-20-21(11-17)15-23-14-18-8-4-5-9-19(18)24-13-16-6-2-1-3-7-16/h1-12H,13-15H2. The molecule has 3 rings (SSSR count). The molecule has 0 aliphatic heterocycles. The largest absolute Gasteiger partial charge is 0.489 e. The van der Waals surface area contributed by atoms with Crippen molar-refractivity contribution in [2.45, 2.75) is 19.9 Å². The van der Waals surface area contributed by atoms with E-state index >= 15 is 0 Å². The number of aromatic nitrogens is 2. The van der Waals surface area contributed by atoms with Crippen molar-refractivity contribution in [2.75, 3.05) is 0 Å². The maximum atomic E-state index is 10.6. The molecular formula is C19H18N2O3. The van der Waals surface area contributed by atoms with E-state index in [1.54, 1.807) is 10.9 Å². The maximum absolute atomic E-state index is 10.6. The minimum Gasteiger partial charge on any atom is -0.489 e. The van der Waals surface area contributed by atoms with Gasteiger partial charge in [-0.15, -0.1) is 0 Å². The first-order valence-electron chi connectivity index (χ1n) is 7.65. The molecule has 0 radical (unpaired) electrons. The van der Waals surface area contributed by atoms with Crippen LogP contribution < -0.4 is 4.74 Å². The molecule has 2 aromatic carbocycles. The van der Waals surface area contributed by atoms with E-state index in [-0.39, 0.29) is 6.73 Å². The summed E-state index contributed by atoms with van der Waals surface area (Å²) in [4.78, 5) is 10.6. The van der Waals surface area contributed by atoms with Crippen LogP contribution >= 0.6 is 0 Å². The predicted octanol–water partition coefficient (Wildman–Crippen LogP) is 3.45. The van der Waals surface area contributed by atoms with Crippen molar-refractivity contribution in [3.63, 3.8) is 0 Å². The molecule has 0 N–H and O–H groups in total. The van der Waals surface area contributed by atoms with E-state index in [1.165, 1.54) is 6.20 Å². The van der Waals surface area contributed by atoms with Gasteiger partial charge in [0.15, 0.2) is 6.29 Å². The Balaban J connectivity index is 1.56. The van der Waals surface area contributed by atoms with Crippen LogP contribution in [0.5, 0.6) is 5.75 Å². The Morgan fingerprint density at radius 1 is 1.00 bits per heavy atom. The molecule has 0 amide bonds. The van der Waals surface area contributed by atoms with E-state index in [1.807, 2.05) is 54.6 Å². The van der Waals surface area contributed by atoms with Gasteiger partial charge in [0.05, 0.1) is 18.4 Å². The molecule has 3 aromatic rings. The lowest BCUT2D eigenvalue weighted by atomic mass is 10.2. The molecule has 0 unspecified atom stereocenters. The number of nitrogens with zero attached hydrogens (tertiary/aromatic N) is 2. The van der Waals surface area contributed by atoms with Gasteiger partial charge in [0, 0.05) is 11.8 Å². The molecule has 24 heavy (non-hydrogen) atoms. The van der Waals surface area contributed by atoms with Crippen molar-refractivity contribution >= 4 is 6.29 Å². The second kappa shape index (κ2) is 8.08. The Morgan fingerprint density at radius 2 is 1.79 bits per heavy atom. The van der Waals surface area contributed by atoms with Crippen LogP contribution in [0, 0.1) is 0 Å². The fourth-order valence-electron chi connectivity index (χ4n) is 2.26. The summed E-state index contributed by atoms with van der Waals surface area (Å²) in [6, 6.07) is 17.8. The third-order valence-corrected chi connectivity index (χ3v) is 3.48. The number of rotatable bonds is 8. The van der Waals surface area contributed by atoms with E-state index in [0.717, 1.165) is 23.2 Å². The van der Waals surface area contributed by atoms with Gasteiger partial charge in [-0.3, -0.25) is 4.79 Å². The molecule has 0 bridgehead atoms.